The number of hydrogen-bond donors (Lipinski definition) is 1. The average molecular weight is 386 g/mol. The molecule has 0 fully saturated rings. The Hall–Kier alpha value is -1.99. The Kier molecular flexibility index (Phi) is 4.79. The number of sulfone groups is 1. The second kappa shape index (κ2) is 6.72. The first-order valence-corrected chi connectivity index (χ1v) is 9.60. The van der Waals surface area contributed by atoms with Gasteiger partial charge in [-0.05, 0) is 54.3 Å². The van der Waals surface area contributed by atoms with Gasteiger partial charge in [-0.1, -0.05) is 11.6 Å². The second-order valence-corrected chi connectivity index (χ2v) is 8.46. The van der Waals surface area contributed by atoms with E-state index in [4.69, 9.17) is 11.6 Å². The van der Waals surface area contributed by atoms with Crippen molar-refractivity contribution < 1.29 is 22.0 Å². The van der Waals surface area contributed by atoms with Crippen LogP contribution in [-0.2, 0) is 21.1 Å². The lowest BCUT2D eigenvalue weighted by Gasteiger charge is -2.13. The smallest absolute Gasteiger partial charge is 0.239 e. The summed E-state index contributed by atoms with van der Waals surface area (Å²) in [5.74, 6) is -3.06. The third kappa shape index (κ3) is 3.82. The molecule has 0 spiro atoms. The second-order valence-electron chi connectivity index (χ2n) is 5.84. The van der Waals surface area contributed by atoms with E-state index in [2.05, 4.69) is 5.32 Å². The standard InChI is InChI=1S/C17H14ClF2NO3S/c18-10-1-3-12(4-2-10)21-17(22)9-25(23,24)16-6-5-13-14(16)7-11(19)8-15(13)20/h1-4,7-8,16H,5-6,9H2,(H,21,22)/t16-/m0/s1. The van der Waals surface area contributed by atoms with Crippen molar-refractivity contribution in [2.75, 3.05) is 11.1 Å². The summed E-state index contributed by atoms with van der Waals surface area (Å²) in [6.07, 6.45) is 0.330. The van der Waals surface area contributed by atoms with Gasteiger partial charge in [-0.2, -0.15) is 0 Å². The van der Waals surface area contributed by atoms with E-state index >= 15 is 0 Å². The van der Waals surface area contributed by atoms with Crippen molar-refractivity contribution in [3.8, 4) is 0 Å². The molecule has 0 aromatic heterocycles. The van der Waals surface area contributed by atoms with Gasteiger partial charge in [0.1, 0.15) is 17.4 Å². The lowest BCUT2D eigenvalue weighted by Crippen LogP contribution is -2.26. The molecule has 4 nitrogen and oxygen atoms in total. The fourth-order valence-electron chi connectivity index (χ4n) is 2.99. The number of amides is 1. The Morgan fingerprint density at radius 3 is 2.56 bits per heavy atom. The molecule has 0 heterocycles. The fraction of sp³-hybridized carbons (Fsp3) is 0.235. The molecule has 0 bridgehead atoms. The summed E-state index contributed by atoms with van der Waals surface area (Å²) in [5.41, 5.74) is 0.721. The minimum Gasteiger partial charge on any atom is -0.325 e. The lowest BCUT2D eigenvalue weighted by molar-refractivity contribution is -0.113. The highest BCUT2D eigenvalue weighted by molar-refractivity contribution is 7.92. The molecule has 1 amide bonds. The van der Waals surface area contributed by atoms with E-state index in [0.29, 0.717) is 10.7 Å². The van der Waals surface area contributed by atoms with Gasteiger partial charge in [-0.3, -0.25) is 4.79 Å². The Bertz CT molecular complexity index is 930. The molecule has 3 rings (SSSR count). The number of carbonyl (C=O) groups excluding carboxylic acids is 1. The normalized spacial score (nSPS) is 16.5. The molecule has 1 N–H and O–H groups in total. The zero-order chi connectivity index (χ0) is 18.2. The predicted molar refractivity (Wildman–Crippen MR) is 91.3 cm³/mol. The topological polar surface area (TPSA) is 63.2 Å². The minimum absolute atomic E-state index is 0.108. The number of hydrogen-bond acceptors (Lipinski definition) is 3. The maximum atomic E-state index is 13.8. The summed E-state index contributed by atoms with van der Waals surface area (Å²) in [6.45, 7) is 0. The van der Waals surface area contributed by atoms with E-state index in [0.717, 1.165) is 12.1 Å². The number of carbonyl (C=O) groups is 1. The van der Waals surface area contributed by atoms with Gasteiger partial charge in [0, 0.05) is 16.8 Å². The summed E-state index contributed by atoms with van der Waals surface area (Å²) in [6, 6.07) is 7.98. The Labute approximate surface area is 148 Å². The highest BCUT2D eigenvalue weighted by atomic mass is 35.5. The van der Waals surface area contributed by atoms with Gasteiger partial charge in [0.05, 0.1) is 5.25 Å². The molecule has 2 aromatic carbocycles. The molecule has 25 heavy (non-hydrogen) atoms. The molecule has 1 aliphatic rings. The van der Waals surface area contributed by atoms with Crippen LogP contribution in [0.25, 0.3) is 0 Å². The van der Waals surface area contributed by atoms with Crippen molar-refractivity contribution in [2.45, 2.75) is 18.1 Å². The van der Waals surface area contributed by atoms with Crippen LogP contribution in [0.5, 0.6) is 0 Å². The maximum absolute atomic E-state index is 13.8. The third-order valence-electron chi connectivity index (χ3n) is 4.09. The van der Waals surface area contributed by atoms with Gasteiger partial charge in [0.2, 0.25) is 5.91 Å². The van der Waals surface area contributed by atoms with Gasteiger partial charge in [0.25, 0.3) is 0 Å². The minimum atomic E-state index is -3.91. The highest BCUT2D eigenvalue weighted by Gasteiger charge is 2.36. The summed E-state index contributed by atoms with van der Waals surface area (Å²) >= 11 is 5.74. The highest BCUT2D eigenvalue weighted by Crippen LogP contribution is 2.39. The van der Waals surface area contributed by atoms with E-state index in [1.54, 1.807) is 24.3 Å². The first kappa shape index (κ1) is 17.8. The van der Waals surface area contributed by atoms with Gasteiger partial charge in [-0.25, -0.2) is 17.2 Å². The average Bonchev–Trinajstić information content (AvgIpc) is 2.94. The SMILES string of the molecule is O=C(CS(=O)(=O)[C@H]1CCc2c(F)cc(F)cc21)Nc1ccc(Cl)cc1. The quantitative estimate of drug-likeness (QED) is 0.873. The first-order valence-electron chi connectivity index (χ1n) is 7.51. The van der Waals surface area contributed by atoms with Crippen molar-refractivity contribution in [1.82, 2.24) is 0 Å². The van der Waals surface area contributed by atoms with Crippen LogP contribution >= 0.6 is 11.6 Å². The van der Waals surface area contributed by atoms with E-state index < -0.39 is 38.4 Å². The van der Waals surface area contributed by atoms with Crippen molar-refractivity contribution in [3.05, 3.63) is 64.2 Å². The van der Waals surface area contributed by atoms with Crippen molar-refractivity contribution >= 4 is 33.0 Å². The Balaban J connectivity index is 1.77. The van der Waals surface area contributed by atoms with Crippen molar-refractivity contribution in [2.24, 2.45) is 0 Å². The molecule has 0 saturated carbocycles. The molecular weight excluding hydrogens is 372 g/mol. The van der Waals surface area contributed by atoms with Crippen molar-refractivity contribution in [1.29, 1.82) is 0 Å². The van der Waals surface area contributed by atoms with E-state index in [9.17, 15) is 22.0 Å². The Morgan fingerprint density at radius 2 is 1.88 bits per heavy atom. The molecule has 8 heteroatoms. The zero-order valence-corrected chi connectivity index (χ0v) is 14.5. The van der Waals surface area contributed by atoms with Crippen LogP contribution in [0.3, 0.4) is 0 Å². The summed E-state index contributed by atoms with van der Waals surface area (Å²) in [7, 11) is -3.91. The van der Waals surface area contributed by atoms with Crippen LogP contribution in [0.2, 0.25) is 5.02 Å². The summed E-state index contributed by atoms with van der Waals surface area (Å²) in [4.78, 5) is 12.0. The molecule has 0 aliphatic heterocycles. The van der Waals surface area contributed by atoms with E-state index in [1.807, 2.05) is 0 Å². The van der Waals surface area contributed by atoms with Crippen LogP contribution in [0.15, 0.2) is 36.4 Å². The molecular formula is C17H14ClF2NO3S. The van der Waals surface area contributed by atoms with Gasteiger partial charge < -0.3 is 5.32 Å². The molecule has 0 unspecified atom stereocenters. The lowest BCUT2D eigenvalue weighted by atomic mass is 10.1. The number of halogens is 3. The Morgan fingerprint density at radius 1 is 1.20 bits per heavy atom. The van der Waals surface area contributed by atoms with E-state index in [1.165, 1.54) is 0 Å². The largest absolute Gasteiger partial charge is 0.325 e. The monoisotopic (exact) mass is 385 g/mol. The van der Waals surface area contributed by atoms with Gasteiger partial charge >= 0.3 is 0 Å². The number of benzene rings is 2. The van der Waals surface area contributed by atoms with Gasteiger partial charge in [0.15, 0.2) is 9.84 Å². The molecule has 0 radical (unpaired) electrons. The number of nitrogens with one attached hydrogen (secondary N) is 1. The van der Waals surface area contributed by atoms with E-state index in [-0.39, 0.29) is 24.0 Å². The van der Waals surface area contributed by atoms with Crippen LogP contribution in [-0.4, -0.2) is 20.1 Å². The molecule has 1 aliphatic carbocycles. The number of anilines is 1. The van der Waals surface area contributed by atoms with Crippen LogP contribution in [0.1, 0.15) is 22.8 Å². The summed E-state index contributed by atoms with van der Waals surface area (Å²) < 4.78 is 52.3. The third-order valence-corrected chi connectivity index (χ3v) is 6.37. The summed E-state index contributed by atoms with van der Waals surface area (Å²) in [5, 5.41) is 1.87. The van der Waals surface area contributed by atoms with Gasteiger partial charge in [-0.15, -0.1) is 0 Å². The number of rotatable bonds is 4. The van der Waals surface area contributed by atoms with Crippen LogP contribution < -0.4 is 5.32 Å². The molecule has 2 aromatic rings. The molecule has 0 saturated heterocycles. The fourth-order valence-corrected chi connectivity index (χ4v) is 4.83. The van der Waals surface area contributed by atoms with Crippen LogP contribution in [0.4, 0.5) is 14.5 Å². The molecule has 132 valence electrons. The maximum Gasteiger partial charge on any atom is 0.239 e. The first-order chi connectivity index (χ1) is 11.8. The number of fused-ring (bicyclic) bond motifs is 1. The zero-order valence-electron chi connectivity index (χ0n) is 12.9. The van der Waals surface area contributed by atoms with Crippen molar-refractivity contribution in [3.63, 3.8) is 0 Å². The predicted octanol–water partition coefficient (Wildman–Crippen LogP) is 3.66. The molecule has 1 atom stereocenters. The van der Waals surface area contributed by atoms with Crippen LogP contribution in [0, 0.1) is 11.6 Å².